The lowest BCUT2D eigenvalue weighted by Gasteiger charge is -2.57. The van der Waals surface area contributed by atoms with Gasteiger partial charge in [0, 0.05) is 6.92 Å². The van der Waals surface area contributed by atoms with Gasteiger partial charge in [-0.25, -0.2) is 4.79 Å². The number of thioether (sulfide) groups is 1. The molecule has 1 aromatic rings. The summed E-state index contributed by atoms with van der Waals surface area (Å²) in [6.45, 7) is 1.10. The molecule has 2 saturated heterocycles. The number of carboxylic acid groups (broad SMARTS) is 1. The zero-order chi connectivity index (χ0) is 17.5. The first kappa shape index (κ1) is 16.6. The van der Waals surface area contributed by atoms with Gasteiger partial charge in [0.05, 0.1) is 17.7 Å². The number of benzene rings is 1. The molecule has 2 fully saturated rings. The van der Waals surface area contributed by atoms with Crippen molar-refractivity contribution < 1.29 is 29.5 Å². The Morgan fingerprint density at radius 2 is 2.04 bits per heavy atom. The van der Waals surface area contributed by atoms with Crippen LogP contribution < -0.4 is 4.84 Å². The molecule has 9 nitrogen and oxygen atoms in total. The molecule has 0 bridgehead atoms. The number of carboxylic acids is 1. The largest absolute Gasteiger partial charge is 0.477 e. The second-order valence-electron chi connectivity index (χ2n) is 5.28. The predicted octanol–water partition coefficient (Wildman–Crippen LogP) is 0.521. The van der Waals surface area contributed by atoms with E-state index in [4.69, 9.17) is 4.84 Å². The van der Waals surface area contributed by atoms with Crippen LogP contribution in [0.5, 0.6) is 5.75 Å². The predicted molar refractivity (Wildman–Crippen MR) is 81.3 cm³/mol. The third kappa shape index (κ3) is 2.30. The zero-order valence-corrected chi connectivity index (χ0v) is 13.5. The Morgan fingerprint density at radius 3 is 2.58 bits per heavy atom. The fraction of sp³-hybridized carbons (Fsp3) is 0.357. The van der Waals surface area contributed by atoms with Crippen molar-refractivity contribution in [3.05, 3.63) is 30.3 Å². The van der Waals surface area contributed by atoms with E-state index in [2.05, 4.69) is 0 Å². The van der Waals surface area contributed by atoms with Crippen molar-refractivity contribution in [3.8, 4) is 5.75 Å². The second kappa shape index (κ2) is 5.96. The van der Waals surface area contributed by atoms with Crippen molar-refractivity contribution in [2.45, 2.75) is 24.5 Å². The maximum atomic E-state index is 12.1. The molecular formula is C14H15N3O6S. The van der Waals surface area contributed by atoms with Gasteiger partial charge >= 0.3 is 11.8 Å². The highest BCUT2D eigenvalue weighted by atomic mass is 32.2. The van der Waals surface area contributed by atoms with E-state index in [1.807, 2.05) is 0 Å². The molecule has 1 aromatic carbocycles. The fourth-order valence-corrected chi connectivity index (χ4v) is 3.87. The number of nitrogens with zero attached hydrogens (tertiary/aromatic N) is 3. The zero-order valence-electron chi connectivity index (χ0n) is 12.7. The second-order valence-corrected chi connectivity index (χ2v) is 6.41. The van der Waals surface area contributed by atoms with Crippen LogP contribution in [0.4, 0.5) is 0 Å². The number of hydrogen-bond acceptors (Lipinski definition) is 7. The Bertz CT molecular complexity index is 686. The van der Waals surface area contributed by atoms with Crippen molar-refractivity contribution in [3.63, 3.8) is 0 Å². The highest BCUT2D eigenvalue weighted by Gasteiger charge is 2.67. The van der Waals surface area contributed by atoms with E-state index in [1.165, 1.54) is 23.9 Å². The van der Waals surface area contributed by atoms with Crippen LogP contribution in [0.15, 0.2) is 30.3 Å². The Balaban J connectivity index is 2.07. The van der Waals surface area contributed by atoms with E-state index in [1.54, 1.807) is 18.2 Å². The average molecular weight is 353 g/mol. The van der Waals surface area contributed by atoms with Gasteiger partial charge < -0.3 is 15.2 Å². The van der Waals surface area contributed by atoms with Gasteiger partial charge in [-0.1, -0.05) is 18.2 Å². The molecule has 10 heteroatoms. The van der Waals surface area contributed by atoms with Gasteiger partial charge in [0.1, 0.15) is 0 Å². The number of rotatable bonds is 4. The summed E-state index contributed by atoms with van der Waals surface area (Å²) in [6, 6.07) is 8.07. The van der Waals surface area contributed by atoms with E-state index in [-0.39, 0.29) is 18.0 Å². The first-order chi connectivity index (χ1) is 11.4. The molecule has 2 unspecified atom stereocenters. The average Bonchev–Trinajstić information content (AvgIpc) is 2.53. The molecule has 0 spiro atoms. The van der Waals surface area contributed by atoms with Crippen LogP contribution in [0, 0.1) is 0 Å². The lowest BCUT2D eigenvalue weighted by molar-refractivity contribution is -0.326. The quantitative estimate of drug-likeness (QED) is 0.595. The molecule has 2 aliphatic rings. The smallest absolute Gasteiger partial charge is 0.373 e. The molecular weight excluding hydrogens is 338 g/mol. The number of amides is 2. The molecule has 2 atom stereocenters. The number of para-hydroxylation sites is 1. The molecule has 0 aromatic heterocycles. The number of fused-ring (bicyclic) bond motifs is 1. The van der Waals surface area contributed by atoms with Crippen molar-refractivity contribution in [2.24, 2.45) is 0 Å². The summed E-state index contributed by atoms with van der Waals surface area (Å²) in [6.07, 6.45) is 0.143. The van der Waals surface area contributed by atoms with Crippen LogP contribution in [-0.2, 0) is 14.4 Å². The molecule has 0 aliphatic carbocycles. The minimum atomic E-state index is -2.45. The summed E-state index contributed by atoms with van der Waals surface area (Å²) in [5.41, 5.74) is 0. The van der Waals surface area contributed by atoms with Crippen LogP contribution in [0.3, 0.4) is 0 Å². The van der Waals surface area contributed by atoms with Crippen molar-refractivity contribution in [1.82, 2.24) is 15.0 Å². The molecule has 0 saturated carbocycles. The lowest BCUT2D eigenvalue weighted by atomic mass is 10.1. The number of aliphatic carboxylic acids is 1. The summed E-state index contributed by atoms with van der Waals surface area (Å²) in [5, 5.41) is 20.6. The van der Waals surface area contributed by atoms with Gasteiger partial charge in [-0.3, -0.25) is 14.5 Å². The standard InChI is InChI=1S/C14H15N3O6S/c1-9(18)17(23-10-5-3-2-4-6-10)14(13(20)21)15(22)8-24-12-7-11(19)16(12)14/h2-6,12,22H,7-8H2,1H3,(H,20,21). The maximum absolute atomic E-state index is 12.1. The van der Waals surface area contributed by atoms with Gasteiger partial charge in [-0.2, -0.15) is 0 Å². The molecule has 24 heavy (non-hydrogen) atoms. The highest BCUT2D eigenvalue weighted by molar-refractivity contribution is 7.99. The van der Waals surface area contributed by atoms with Crippen molar-refractivity contribution in [2.75, 3.05) is 5.88 Å². The molecule has 2 aliphatic heterocycles. The van der Waals surface area contributed by atoms with Gasteiger partial charge in [-0.05, 0) is 12.1 Å². The lowest BCUT2D eigenvalue weighted by Crippen LogP contribution is -2.82. The van der Waals surface area contributed by atoms with E-state index in [0.29, 0.717) is 10.1 Å². The van der Waals surface area contributed by atoms with Crippen LogP contribution in [-0.4, -0.2) is 60.2 Å². The Kier molecular flexibility index (Phi) is 4.11. The summed E-state index contributed by atoms with van der Waals surface area (Å²) in [5.74, 6) is -5.20. The topological polar surface area (TPSA) is 111 Å². The number of carbonyl (C=O) groups is 3. The number of β-lactam (4-membered cyclic amide) rings is 1. The van der Waals surface area contributed by atoms with E-state index in [9.17, 15) is 24.7 Å². The molecule has 0 radical (unpaired) electrons. The van der Waals surface area contributed by atoms with E-state index < -0.39 is 28.9 Å². The first-order valence-electron chi connectivity index (χ1n) is 7.06. The van der Waals surface area contributed by atoms with Crippen molar-refractivity contribution in [1.29, 1.82) is 0 Å². The summed E-state index contributed by atoms with van der Waals surface area (Å²) >= 11 is 1.20. The minimum absolute atomic E-state index is 0.0946. The van der Waals surface area contributed by atoms with Crippen LogP contribution in [0.1, 0.15) is 13.3 Å². The Hall–Kier alpha value is -2.30. The third-order valence-corrected chi connectivity index (χ3v) is 4.94. The third-order valence-electron chi connectivity index (χ3n) is 3.79. The van der Waals surface area contributed by atoms with Gasteiger partial charge in [0.2, 0.25) is 5.91 Å². The molecule has 2 amide bonds. The molecule has 2 heterocycles. The summed E-state index contributed by atoms with van der Waals surface area (Å²) in [7, 11) is 0. The monoisotopic (exact) mass is 353 g/mol. The minimum Gasteiger partial charge on any atom is -0.477 e. The molecule has 3 rings (SSSR count). The normalized spacial score (nSPS) is 26.3. The number of hydroxylamine groups is 4. The van der Waals surface area contributed by atoms with E-state index >= 15 is 0 Å². The number of hydrogen-bond donors (Lipinski definition) is 2. The van der Waals surface area contributed by atoms with Gasteiger partial charge in [0.15, 0.2) is 5.75 Å². The molecule has 2 N–H and O–H groups in total. The summed E-state index contributed by atoms with van der Waals surface area (Å²) in [4.78, 5) is 42.6. The SMILES string of the molecule is CC(=O)N(Oc1ccccc1)C1(C(=O)O)N(O)CSC2CC(=O)N21. The highest BCUT2D eigenvalue weighted by Crippen LogP contribution is 2.44. The number of carbonyl (C=O) groups excluding carboxylic acids is 2. The Labute approximate surface area is 141 Å². The molecule has 128 valence electrons. The fourth-order valence-electron chi connectivity index (χ4n) is 2.70. The Morgan fingerprint density at radius 1 is 1.38 bits per heavy atom. The van der Waals surface area contributed by atoms with Crippen LogP contribution in [0.25, 0.3) is 0 Å². The van der Waals surface area contributed by atoms with E-state index in [0.717, 1.165) is 11.8 Å². The summed E-state index contributed by atoms with van der Waals surface area (Å²) < 4.78 is 0. The van der Waals surface area contributed by atoms with Crippen LogP contribution >= 0.6 is 11.8 Å². The van der Waals surface area contributed by atoms with Crippen LogP contribution in [0.2, 0.25) is 0 Å². The van der Waals surface area contributed by atoms with Gasteiger partial charge in [0.25, 0.3) is 5.91 Å². The maximum Gasteiger partial charge on any atom is 0.373 e. The van der Waals surface area contributed by atoms with Crippen molar-refractivity contribution >= 4 is 29.5 Å². The van der Waals surface area contributed by atoms with Gasteiger partial charge in [-0.15, -0.1) is 21.9 Å². The first-order valence-corrected chi connectivity index (χ1v) is 8.11.